The maximum atomic E-state index is 10.9. The highest BCUT2D eigenvalue weighted by atomic mass is 16.6. The van der Waals surface area contributed by atoms with Crippen molar-refractivity contribution in [1.82, 2.24) is 0 Å². The second-order valence-corrected chi connectivity index (χ2v) is 1.98. The SMILES string of the molecule is CCOCC(C)([O])OC. The molecule has 1 atom stereocenters. The lowest BCUT2D eigenvalue weighted by atomic mass is 10.3. The minimum Gasteiger partial charge on any atom is -0.376 e. The molecular formula is C6H13O3. The third kappa shape index (κ3) is 4.39. The van der Waals surface area contributed by atoms with Gasteiger partial charge in [-0.1, -0.05) is 0 Å². The van der Waals surface area contributed by atoms with Gasteiger partial charge in [-0.05, 0) is 13.8 Å². The van der Waals surface area contributed by atoms with Crippen LogP contribution < -0.4 is 0 Å². The number of hydrogen-bond donors (Lipinski definition) is 0. The third-order valence-electron chi connectivity index (χ3n) is 1.00. The number of rotatable bonds is 4. The Labute approximate surface area is 55.6 Å². The normalized spacial score (nSPS) is 17.3. The number of hydrogen-bond acceptors (Lipinski definition) is 2. The van der Waals surface area contributed by atoms with Crippen molar-refractivity contribution in [1.29, 1.82) is 0 Å². The Balaban J connectivity index is 3.33. The number of methoxy groups -OCH3 is 1. The largest absolute Gasteiger partial charge is 0.376 e. The first kappa shape index (κ1) is 8.88. The van der Waals surface area contributed by atoms with Crippen LogP contribution in [0.2, 0.25) is 0 Å². The third-order valence-corrected chi connectivity index (χ3v) is 1.00. The molecule has 0 aliphatic carbocycles. The Bertz CT molecular complexity index is 70.7. The quantitative estimate of drug-likeness (QED) is 0.532. The highest BCUT2D eigenvalue weighted by Crippen LogP contribution is 2.03. The van der Waals surface area contributed by atoms with Crippen molar-refractivity contribution < 1.29 is 14.6 Å². The summed E-state index contributed by atoms with van der Waals surface area (Å²) in [6.45, 7) is 3.95. The van der Waals surface area contributed by atoms with Crippen LogP contribution in [0.25, 0.3) is 0 Å². The predicted octanol–water partition coefficient (Wildman–Crippen LogP) is 0.816. The van der Waals surface area contributed by atoms with E-state index in [0.717, 1.165) is 0 Å². The van der Waals surface area contributed by atoms with E-state index >= 15 is 0 Å². The zero-order valence-electron chi connectivity index (χ0n) is 6.14. The molecule has 55 valence electrons. The minimum atomic E-state index is -1.38. The lowest BCUT2D eigenvalue weighted by Crippen LogP contribution is -2.30. The maximum absolute atomic E-state index is 10.9. The first-order chi connectivity index (χ1) is 4.12. The summed E-state index contributed by atoms with van der Waals surface area (Å²) in [5.41, 5.74) is 0. The summed E-state index contributed by atoms with van der Waals surface area (Å²) in [6, 6.07) is 0. The van der Waals surface area contributed by atoms with E-state index in [1.807, 2.05) is 6.92 Å². The van der Waals surface area contributed by atoms with Crippen LogP contribution in [0.4, 0.5) is 0 Å². The second kappa shape index (κ2) is 3.82. The van der Waals surface area contributed by atoms with E-state index in [-0.39, 0.29) is 6.61 Å². The first-order valence-electron chi connectivity index (χ1n) is 2.95. The molecule has 1 unspecified atom stereocenters. The summed E-state index contributed by atoms with van der Waals surface area (Å²) in [6.07, 6.45) is 0. The van der Waals surface area contributed by atoms with Crippen LogP contribution in [0.1, 0.15) is 13.8 Å². The summed E-state index contributed by atoms with van der Waals surface area (Å²) in [5.74, 6) is -1.38. The molecule has 0 saturated carbocycles. The fraction of sp³-hybridized carbons (Fsp3) is 1.00. The van der Waals surface area contributed by atoms with E-state index in [4.69, 9.17) is 4.74 Å². The molecule has 9 heavy (non-hydrogen) atoms. The Kier molecular flexibility index (Phi) is 3.77. The highest BCUT2D eigenvalue weighted by molar-refractivity contribution is 4.54. The average molecular weight is 133 g/mol. The average Bonchev–Trinajstić information content (AvgIpc) is 1.84. The fourth-order valence-corrected chi connectivity index (χ4v) is 0.346. The van der Waals surface area contributed by atoms with Crippen molar-refractivity contribution in [2.45, 2.75) is 19.6 Å². The molecule has 0 fully saturated rings. The van der Waals surface area contributed by atoms with Crippen LogP contribution in [0.3, 0.4) is 0 Å². The van der Waals surface area contributed by atoms with Crippen molar-refractivity contribution >= 4 is 0 Å². The molecule has 0 aliphatic heterocycles. The Morgan fingerprint density at radius 3 is 2.44 bits per heavy atom. The topological polar surface area (TPSA) is 38.4 Å². The van der Waals surface area contributed by atoms with Gasteiger partial charge in [0.15, 0.2) is 0 Å². The molecule has 1 radical (unpaired) electrons. The lowest BCUT2D eigenvalue weighted by molar-refractivity contribution is -0.239. The smallest absolute Gasteiger partial charge is 0.222 e. The van der Waals surface area contributed by atoms with Crippen LogP contribution in [0.15, 0.2) is 0 Å². The maximum Gasteiger partial charge on any atom is 0.222 e. The molecular weight excluding hydrogens is 120 g/mol. The van der Waals surface area contributed by atoms with Crippen molar-refractivity contribution in [2.75, 3.05) is 20.3 Å². The van der Waals surface area contributed by atoms with Gasteiger partial charge in [0.1, 0.15) is 6.61 Å². The first-order valence-corrected chi connectivity index (χ1v) is 2.95. The monoisotopic (exact) mass is 133 g/mol. The van der Waals surface area contributed by atoms with Crippen LogP contribution in [-0.2, 0) is 14.6 Å². The van der Waals surface area contributed by atoms with Gasteiger partial charge in [0.2, 0.25) is 5.79 Å². The van der Waals surface area contributed by atoms with Gasteiger partial charge in [-0.25, -0.2) is 0 Å². The summed E-state index contributed by atoms with van der Waals surface area (Å²) in [4.78, 5) is 0. The zero-order chi connectivity index (χ0) is 7.33. The lowest BCUT2D eigenvalue weighted by Gasteiger charge is -2.17. The van der Waals surface area contributed by atoms with Gasteiger partial charge >= 0.3 is 0 Å². The molecule has 0 aromatic carbocycles. The zero-order valence-corrected chi connectivity index (χ0v) is 6.14. The van der Waals surface area contributed by atoms with Gasteiger partial charge in [0.05, 0.1) is 0 Å². The van der Waals surface area contributed by atoms with Gasteiger partial charge in [0.25, 0.3) is 0 Å². The van der Waals surface area contributed by atoms with Gasteiger partial charge in [-0.15, -0.1) is 0 Å². The molecule has 0 aliphatic rings. The summed E-state index contributed by atoms with van der Waals surface area (Å²) in [7, 11) is 1.38. The molecule has 0 N–H and O–H groups in total. The molecule has 3 nitrogen and oxygen atoms in total. The van der Waals surface area contributed by atoms with E-state index in [1.54, 1.807) is 0 Å². The van der Waals surface area contributed by atoms with Gasteiger partial charge in [-0.3, -0.25) is 0 Å². The molecule has 0 aromatic rings. The van der Waals surface area contributed by atoms with E-state index in [0.29, 0.717) is 6.61 Å². The fourth-order valence-electron chi connectivity index (χ4n) is 0.346. The Hall–Kier alpha value is -0.120. The molecule has 0 aromatic heterocycles. The van der Waals surface area contributed by atoms with E-state index in [2.05, 4.69) is 4.74 Å². The molecule has 3 heteroatoms. The van der Waals surface area contributed by atoms with Crippen molar-refractivity contribution in [2.24, 2.45) is 0 Å². The van der Waals surface area contributed by atoms with Crippen molar-refractivity contribution in [3.05, 3.63) is 0 Å². The van der Waals surface area contributed by atoms with E-state index < -0.39 is 5.79 Å². The predicted molar refractivity (Wildman–Crippen MR) is 32.6 cm³/mol. The molecule has 0 rings (SSSR count). The van der Waals surface area contributed by atoms with Crippen molar-refractivity contribution in [3.8, 4) is 0 Å². The van der Waals surface area contributed by atoms with Gasteiger partial charge in [0, 0.05) is 13.7 Å². The van der Waals surface area contributed by atoms with Crippen molar-refractivity contribution in [3.63, 3.8) is 0 Å². The van der Waals surface area contributed by atoms with Crippen LogP contribution in [-0.4, -0.2) is 26.1 Å². The van der Waals surface area contributed by atoms with Crippen LogP contribution in [0, 0.1) is 0 Å². The molecule has 0 heterocycles. The Morgan fingerprint density at radius 1 is 1.56 bits per heavy atom. The van der Waals surface area contributed by atoms with Gasteiger partial charge < -0.3 is 9.47 Å². The van der Waals surface area contributed by atoms with Crippen LogP contribution in [0.5, 0.6) is 0 Å². The number of ether oxygens (including phenoxy) is 2. The second-order valence-electron chi connectivity index (χ2n) is 1.98. The van der Waals surface area contributed by atoms with Crippen LogP contribution >= 0.6 is 0 Å². The van der Waals surface area contributed by atoms with E-state index in [9.17, 15) is 5.11 Å². The molecule has 0 saturated heterocycles. The van der Waals surface area contributed by atoms with Gasteiger partial charge in [-0.2, -0.15) is 5.11 Å². The minimum absolute atomic E-state index is 0.111. The molecule has 0 spiro atoms. The van der Waals surface area contributed by atoms with E-state index in [1.165, 1.54) is 14.0 Å². The Morgan fingerprint density at radius 2 is 2.11 bits per heavy atom. The summed E-state index contributed by atoms with van der Waals surface area (Å²) < 4.78 is 9.41. The summed E-state index contributed by atoms with van der Waals surface area (Å²) in [5, 5.41) is 10.9. The molecule has 0 bridgehead atoms. The summed E-state index contributed by atoms with van der Waals surface area (Å²) >= 11 is 0. The molecule has 0 amide bonds. The highest BCUT2D eigenvalue weighted by Gasteiger charge is 2.20. The standard InChI is InChI=1S/C6H13O3/c1-4-9-5-6(2,7)8-3/h4-5H2,1-3H3.